The third-order valence-electron chi connectivity index (χ3n) is 4.51. The van der Waals surface area contributed by atoms with Crippen LogP contribution in [0.1, 0.15) is 25.1 Å². The Morgan fingerprint density at radius 1 is 1.26 bits per heavy atom. The summed E-state index contributed by atoms with van der Waals surface area (Å²) >= 11 is 0. The second kappa shape index (κ2) is 5.56. The van der Waals surface area contributed by atoms with E-state index in [2.05, 4.69) is 19.9 Å². The van der Waals surface area contributed by atoms with E-state index in [0.717, 1.165) is 31.8 Å². The van der Waals surface area contributed by atoms with Crippen LogP contribution in [0.15, 0.2) is 6.33 Å². The number of aryl methyl sites for hydroxylation is 1. The van der Waals surface area contributed by atoms with Gasteiger partial charge in [-0.15, -0.1) is 0 Å². The molecule has 0 radical (unpaired) electrons. The highest BCUT2D eigenvalue weighted by molar-refractivity contribution is 4.90. The Balaban J connectivity index is 1.51. The average Bonchev–Trinajstić information content (AvgIpc) is 3.01. The van der Waals surface area contributed by atoms with Gasteiger partial charge < -0.3 is 5.73 Å². The lowest BCUT2D eigenvalue weighted by molar-refractivity contribution is 0.151. The Morgan fingerprint density at radius 2 is 2.05 bits per heavy atom. The molecule has 0 aromatic carbocycles. The lowest BCUT2D eigenvalue weighted by atomic mass is 10.0. The van der Waals surface area contributed by atoms with Crippen molar-refractivity contribution in [1.29, 1.82) is 0 Å². The third-order valence-corrected chi connectivity index (χ3v) is 4.51. The number of hydrogen-bond donors (Lipinski definition) is 1. The maximum Gasteiger partial charge on any atom is 0.140 e. The van der Waals surface area contributed by atoms with Crippen LogP contribution in [0, 0.1) is 0 Å². The van der Waals surface area contributed by atoms with Crippen LogP contribution < -0.4 is 5.73 Å². The van der Waals surface area contributed by atoms with Gasteiger partial charge in [-0.05, 0) is 32.4 Å². The molecule has 6 nitrogen and oxygen atoms in total. The van der Waals surface area contributed by atoms with E-state index in [9.17, 15) is 0 Å². The molecule has 0 spiro atoms. The number of rotatable bonds is 3. The molecule has 0 saturated carbocycles. The molecule has 1 unspecified atom stereocenters. The van der Waals surface area contributed by atoms with Crippen molar-refractivity contribution in [1.82, 2.24) is 24.6 Å². The zero-order valence-electron chi connectivity index (χ0n) is 11.7. The first-order valence-electron chi connectivity index (χ1n) is 7.27. The molecule has 0 amide bonds. The summed E-state index contributed by atoms with van der Waals surface area (Å²) in [6, 6.07) is 1.13. The van der Waals surface area contributed by atoms with Gasteiger partial charge in [0.05, 0.1) is 6.54 Å². The van der Waals surface area contributed by atoms with Crippen molar-refractivity contribution in [3.05, 3.63) is 12.2 Å². The van der Waals surface area contributed by atoms with Crippen molar-refractivity contribution in [2.45, 2.75) is 37.9 Å². The molecule has 1 atom stereocenters. The Morgan fingerprint density at radius 3 is 2.74 bits per heavy atom. The van der Waals surface area contributed by atoms with Gasteiger partial charge in [0.15, 0.2) is 0 Å². The monoisotopic (exact) mass is 264 g/mol. The SMILES string of the molecule is Cn1ncnc1CN1CCC(N2CCC(N)CC2)C1. The van der Waals surface area contributed by atoms with Crippen LogP contribution in [0.2, 0.25) is 0 Å². The van der Waals surface area contributed by atoms with Gasteiger partial charge in [-0.3, -0.25) is 14.5 Å². The Labute approximate surface area is 114 Å². The van der Waals surface area contributed by atoms with Crippen LogP contribution in [0.25, 0.3) is 0 Å². The highest BCUT2D eigenvalue weighted by Crippen LogP contribution is 2.20. The van der Waals surface area contributed by atoms with Gasteiger partial charge in [0.1, 0.15) is 12.2 Å². The summed E-state index contributed by atoms with van der Waals surface area (Å²) in [5, 5.41) is 4.13. The van der Waals surface area contributed by atoms with Gasteiger partial charge >= 0.3 is 0 Å². The molecule has 3 heterocycles. The number of hydrogen-bond acceptors (Lipinski definition) is 5. The molecule has 0 aliphatic carbocycles. The molecule has 1 aromatic heterocycles. The Kier molecular flexibility index (Phi) is 3.81. The zero-order valence-corrected chi connectivity index (χ0v) is 11.7. The molecule has 2 fully saturated rings. The first kappa shape index (κ1) is 13.0. The topological polar surface area (TPSA) is 63.2 Å². The van der Waals surface area contributed by atoms with E-state index in [1.165, 1.54) is 26.1 Å². The molecular formula is C13H24N6. The number of nitrogens with two attached hydrogens (primary N) is 1. The maximum atomic E-state index is 5.97. The molecule has 3 rings (SSSR count). The molecule has 6 heteroatoms. The normalized spacial score (nSPS) is 27.2. The second-order valence-electron chi connectivity index (χ2n) is 5.85. The Hall–Kier alpha value is -0.980. The predicted molar refractivity (Wildman–Crippen MR) is 73.5 cm³/mol. The van der Waals surface area contributed by atoms with Crippen molar-refractivity contribution in [3.8, 4) is 0 Å². The van der Waals surface area contributed by atoms with E-state index in [0.29, 0.717) is 12.1 Å². The van der Waals surface area contributed by atoms with Crippen molar-refractivity contribution >= 4 is 0 Å². The molecule has 2 N–H and O–H groups in total. The quantitative estimate of drug-likeness (QED) is 0.820. The summed E-state index contributed by atoms with van der Waals surface area (Å²) in [5.74, 6) is 1.06. The summed E-state index contributed by atoms with van der Waals surface area (Å²) in [6.07, 6.45) is 5.21. The molecule has 19 heavy (non-hydrogen) atoms. The number of likely N-dealkylation sites (tertiary alicyclic amines) is 2. The zero-order chi connectivity index (χ0) is 13.2. The van der Waals surface area contributed by atoms with E-state index in [1.54, 1.807) is 6.33 Å². The van der Waals surface area contributed by atoms with E-state index >= 15 is 0 Å². The summed E-state index contributed by atoms with van der Waals surface area (Å²) < 4.78 is 1.87. The fourth-order valence-electron chi connectivity index (χ4n) is 3.20. The summed E-state index contributed by atoms with van der Waals surface area (Å²) in [7, 11) is 1.96. The van der Waals surface area contributed by atoms with E-state index in [4.69, 9.17) is 5.73 Å². The van der Waals surface area contributed by atoms with Crippen LogP contribution in [0.5, 0.6) is 0 Å². The van der Waals surface area contributed by atoms with Crippen molar-refractivity contribution in [2.24, 2.45) is 12.8 Å². The molecular weight excluding hydrogens is 240 g/mol. The van der Waals surface area contributed by atoms with Crippen molar-refractivity contribution < 1.29 is 0 Å². The molecule has 2 saturated heterocycles. The number of aromatic nitrogens is 3. The molecule has 0 bridgehead atoms. The Bertz CT molecular complexity index is 409. The number of piperidine rings is 1. The van der Waals surface area contributed by atoms with E-state index in [1.807, 2.05) is 11.7 Å². The van der Waals surface area contributed by atoms with Crippen molar-refractivity contribution in [2.75, 3.05) is 26.2 Å². The first-order valence-corrected chi connectivity index (χ1v) is 7.27. The molecule has 2 aliphatic rings. The van der Waals surface area contributed by atoms with Gasteiger partial charge in [0.25, 0.3) is 0 Å². The largest absolute Gasteiger partial charge is 0.328 e. The van der Waals surface area contributed by atoms with Gasteiger partial charge in [-0.25, -0.2) is 4.98 Å². The minimum absolute atomic E-state index is 0.424. The smallest absolute Gasteiger partial charge is 0.140 e. The minimum Gasteiger partial charge on any atom is -0.328 e. The van der Waals surface area contributed by atoms with Crippen molar-refractivity contribution in [3.63, 3.8) is 0 Å². The lowest BCUT2D eigenvalue weighted by Gasteiger charge is -2.34. The highest BCUT2D eigenvalue weighted by Gasteiger charge is 2.30. The van der Waals surface area contributed by atoms with Crippen LogP contribution >= 0.6 is 0 Å². The summed E-state index contributed by atoms with van der Waals surface area (Å²) in [4.78, 5) is 9.42. The van der Waals surface area contributed by atoms with Gasteiger partial charge in [-0.1, -0.05) is 0 Å². The van der Waals surface area contributed by atoms with Crippen LogP contribution in [-0.4, -0.2) is 62.8 Å². The van der Waals surface area contributed by atoms with E-state index in [-0.39, 0.29) is 0 Å². The van der Waals surface area contributed by atoms with Gasteiger partial charge in [-0.2, -0.15) is 5.10 Å². The summed E-state index contributed by atoms with van der Waals surface area (Å²) in [5.41, 5.74) is 5.97. The fraction of sp³-hybridized carbons (Fsp3) is 0.846. The predicted octanol–water partition coefficient (Wildman–Crippen LogP) is -0.187. The fourth-order valence-corrected chi connectivity index (χ4v) is 3.20. The van der Waals surface area contributed by atoms with Crippen LogP contribution in [-0.2, 0) is 13.6 Å². The minimum atomic E-state index is 0.424. The van der Waals surface area contributed by atoms with Gasteiger partial charge in [0, 0.05) is 32.2 Å². The second-order valence-corrected chi connectivity index (χ2v) is 5.85. The highest BCUT2D eigenvalue weighted by atomic mass is 15.3. The standard InChI is InChI=1S/C13H24N6/c1-17-13(15-10-16-17)9-18-5-4-12(8-18)19-6-2-11(14)3-7-19/h10-12H,2-9,14H2,1H3. The molecule has 106 valence electrons. The summed E-state index contributed by atoms with van der Waals surface area (Å²) in [6.45, 7) is 5.58. The van der Waals surface area contributed by atoms with Gasteiger partial charge in [0.2, 0.25) is 0 Å². The third kappa shape index (κ3) is 2.96. The maximum absolute atomic E-state index is 5.97. The molecule has 1 aromatic rings. The molecule has 2 aliphatic heterocycles. The lowest BCUT2D eigenvalue weighted by Crippen LogP contribution is -2.46. The average molecular weight is 264 g/mol. The van der Waals surface area contributed by atoms with E-state index < -0.39 is 0 Å². The number of nitrogens with zero attached hydrogens (tertiary/aromatic N) is 5. The first-order chi connectivity index (χ1) is 9.22. The van der Waals surface area contributed by atoms with Crippen LogP contribution in [0.4, 0.5) is 0 Å². The van der Waals surface area contributed by atoms with Crippen LogP contribution in [0.3, 0.4) is 0 Å².